The number of rotatable bonds is 6. The molecule has 2 aromatic carbocycles. The molecule has 8 heteroatoms. The zero-order chi connectivity index (χ0) is 23.7. The smallest absolute Gasteiger partial charge is 0.350 e. The lowest BCUT2D eigenvalue weighted by atomic mass is 9.86. The second kappa shape index (κ2) is 9.07. The molecule has 7 nitrogen and oxygen atoms in total. The van der Waals surface area contributed by atoms with E-state index in [-0.39, 0.29) is 16.6 Å². The van der Waals surface area contributed by atoms with Crippen molar-refractivity contribution < 1.29 is 23.9 Å². The van der Waals surface area contributed by atoms with Gasteiger partial charge in [0.25, 0.3) is 5.91 Å². The Morgan fingerprint density at radius 1 is 1.03 bits per heavy atom. The van der Waals surface area contributed by atoms with Crippen molar-refractivity contribution >= 4 is 39.9 Å². The van der Waals surface area contributed by atoms with Crippen LogP contribution in [0.2, 0.25) is 0 Å². The molecule has 168 valence electrons. The minimum absolute atomic E-state index is 0.182. The van der Waals surface area contributed by atoms with Crippen molar-refractivity contribution in [3.05, 3.63) is 81.9 Å². The molecule has 1 fully saturated rings. The predicted octanol–water partition coefficient (Wildman–Crippen LogP) is 4.09. The van der Waals surface area contributed by atoms with Gasteiger partial charge in [0.1, 0.15) is 10.8 Å². The van der Waals surface area contributed by atoms with Gasteiger partial charge in [-0.3, -0.25) is 19.3 Å². The van der Waals surface area contributed by atoms with E-state index in [9.17, 15) is 19.2 Å². The second-order valence-electron chi connectivity index (χ2n) is 7.73. The van der Waals surface area contributed by atoms with Gasteiger partial charge in [0.2, 0.25) is 5.78 Å². The van der Waals surface area contributed by atoms with Gasteiger partial charge in [-0.05, 0) is 26.3 Å². The first kappa shape index (κ1) is 22.5. The third-order valence-electron chi connectivity index (χ3n) is 5.52. The summed E-state index contributed by atoms with van der Waals surface area (Å²) < 4.78 is 5.08. The molecule has 4 rings (SSSR count). The number of benzene rings is 2. The quantitative estimate of drug-likeness (QED) is 0.237. The maximum atomic E-state index is 13.4. The number of carbonyl (C=O) groups excluding carboxylic acids is 4. The number of aryl methyl sites for hydroxylation is 2. The number of anilines is 1. The number of amides is 1. The summed E-state index contributed by atoms with van der Waals surface area (Å²) in [6.07, 6.45) is 0. The molecule has 2 heterocycles. The third-order valence-corrected chi connectivity index (χ3v) is 6.65. The van der Waals surface area contributed by atoms with Crippen LogP contribution in [0.4, 0.5) is 5.13 Å². The van der Waals surface area contributed by atoms with Crippen molar-refractivity contribution in [2.24, 2.45) is 5.92 Å². The molecule has 33 heavy (non-hydrogen) atoms. The standard InChI is InChI=1S/C25H22N2O5S/c1-4-32-24(31)22-15(3)26-25(33-22)27-19(16-8-6-5-7-9-16)18(21(29)23(27)30)20(28)17-12-10-14(2)11-13-17/h5-13,18-19H,4H2,1-3H3. The molecular formula is C25H22N2O5S. The number of nitrogens with zero attached hydrogens (tertiary/aromatic N) is 2. The van der Waals surface area contributed by atoms with Gasteiger partial charge in [-0.25, -0.2) is 9.78 Å². The highest BCUT2D eigenvalue weighted by Gasteiger charge is 2.53. The Morgan fingerprint density at radius 3 is 2.33 bits per heavy atom. The number of thiazole rings is 1. The van der Waals surface area contributed by atoms with Gasteiger partial charge < -0.3 is 4.74 Å². The van der Waals surface area contributed by atoms with Crippen molar-refractivity contribution in [3.8, 4) is 0 Å². The Hall–Kier alpha value is -3.65. The maximum absolute atomic E-state index is 13.4. The Morgan fingerprint density at radius 2 is 1.70 bits per heavy atom. The number of aromatic nitrogens is 1. The molecule has 1 aliphatic rings. The number of ether oxygens (including phenoxy) is 1. The highest BCUT2D eigenvalue weighted by atomic mass is 32.1. The zero-order valence-corrected chi connectivity index (χ0v) is 19.2. The summed E-state index contributed by atoms with van der Waals surface area (Å²) in [7, 11) is 0. The van der Waals surface area contributed by atoms with E-state index >= 15 is 0 Å². The number of hydrogen-bond acceptors (Lipinski definition) is 7. The van der Waals surface area contributed by atoms with E-state index in [2.05, 4.69) is 4.98 Å². The molecule has 3 aromatic rings. The van der Waals surface area contributed by atoms with E-state index in [1.165, 1.54) is 4.90 Å². The SMILES string of the molecule is CCOC(=O)c1sc(N2C(=O)C(=O)C(C(=O)c3ccc(C)cc3)C2c2ccccc2)nc1C. The Kier molecular flexibility index (Phi) is 6.20. The maximum Gasteiger partial charge on any atom is 0.350 e. The Balaban J connectivity index is 1.82. The fraction of sp³-hybridized carbons (Fsp3) is 0.240. The summed E-state index contributed by atoms with van der Waals surface area (Å²) in [5.74, 6) is -3.81. The largest absolute Gasteiger partial charge is 0.462 e. The molecule has 0 N–H and O–H groups in total. The first-order chi connectivity index (χ1) is 15.8. The van der Waals surface area contributed by atoms with Crippen LogP contribution in [-0.2, 0) is 14.3 Å². The normalized spacial score (nSPS) is 18.0. The highest BCUT2D eigenvalue weighted by Crippen LogP contribution is 2.43. The van der Waals surface area contributed by atoms with Gasteiger partial charge in [-0.15, -0.1) is 0 Å². The van der Waals surface area contributed by atoms with Crippen molar-refractivity contribution in [2.45, 2.75) is 26.8 Å². The monoisotopic (exact) mass is 462 g/mol. The molecule has 2 unspecified atom stereocenters. The molecular weight excluding hydrogens is 440 g/mol. The van der Waals surface area contributed by atoms with Crippen LogP contribution >= 0.6 is 11.3 Å². The molecule has 0 spiro atoms. The highest BCUT2D eigenvalue weighted by molar-refractivity contribution is 7.17. The average Bonchev–Trinajstić information content (AvgIpc) is 3.31. The van der Waals surface area contributed by atoms with Crippen molar-refractivity contribution in [1.82, 2.24) is 4.98 Å². The van der Waals surface area contributed by atoms with Crippen molar-refractivity contribution in [1.29, 1.82) is 0 Å². The van der Waals surface area contributed by atoms with Gasteiger partial charge in [0.05, 0.1) is 18.3 Å². The predicted molar refractivity (Wildman–Crippen MR) is 123 cm³/mol. The molecule has 1 amide bonds. The lowest BCUT2D eigenvalue weighted by molar-refractivity contribution is -0.135. The van der Waals surface area contributed by atoms with E-state index < -0.39 is 35.4 Å². The molecule has 0 saturated carbocycles. The molecule has 0 radical (unpaired) electrons. The second-order valence-corrected chi connectivity index (χ2v) is 8.71. The van der Waals surface area contributed by atoms with Gasteiger partial charge in [-0.1, -0.05) is 71.5 Å². The molecule has 1 aromatic heterocycles. The minimum Gasteiger partial charge on any atom is -0.462 e. The van der Waals surface area contributed by atoms with Gasteiger partial charge in [0, 0.05) is 5.56 Å². The minimum atomic E-state index is -1.22. The summed E-state index contributed by atoms with van der Waals surface area (Å²) in [6.45, 7) is 5.44. The van der Waals surface area contributed by atoms with E-state index in [4.69, 9.17) is 4.74 Å². The van der Waals surface area contributed by atoms with Crippen molar-refractivity contribution in [2.75, 3.05) is 11.5 Å². The van der Waals surface area contributed by atoms with E-state index in [0.717, 1.165) is 16.9 Å². The van der Waals surface area contributed by atoms with Gasteiger partial charge in [-0.2, -0.15) is 0 Å². The molecule has 2 atom stereocenters. The summed E-state index contributed by atoms with van der Waals surface area (Å²) in [4.78, 5) is 58.0. The summed E-state index contributed by atoms with van der Waals surface area (Å²) in [6, 6.07) is 14.9. The Bertz CT molecular complexity index is 1230. The van der Waals surface area contributed by atoms with E-state index in [1.807, 2.05) is 13.0 Å². The van der Waals surface area contributed by atoms with E-state index in [1.54, 1.807) is 62.4 Å². The zero-order valence-electron chi connectivity index (χ0n) is 18.4. The third kappa shape index (κ3) is 4.09. The van der Waals surface area contributed by atoms with Crippen LogP contribution in [0, 0.1) is 19.8 Å². The fourth-order valence-electron chi connectivity index (χ4n) is 3.90. The van der Waals surface area contributed by atoms with Gasteiger partial charge >= 0.3 is 5.97 Å². The summed E-state index contributed by atoms with van der Waals surface area (Å²) in [5.41, 5.74) is 2.37. The lowest BCUT2D eigenvalue weighted by Crippen LogP contribution is -2.30. The number of ketones is 2. The fourth-order valence-corrected chi connectivity index (χ4v) is 4.89. The molecule has 1 saturated heterocycles. The number of hydrogen-bond donors (Lipinski definition) is 0. The van der Waals surface area contributed by atoms with Gasteiger partial charge in [0.15, 0.2) is 10.9 Å². The van der Waals surface area contributed by atoms with Crippen LogP contribution < -0.4 is 4.90 Å². The van der Waals surface area contributed by atoms with Crippen LogP contribution in [0.15, 0.2) is 54.6 Å². The van der Waals surface area contributed by atoms with Crippen molar-refractivity contribution in [3.63, 3.8) is 0 Å². The summed E-state index contributed by atoms with van der Waals surface area (Å²) >= 11 is 0.976. The lowest BCUT2D eigenvalue weighted by Gasteiger charge is -2.25. The van der Waals surface area contributed by atoms with Crippen LogP contribution in [0.1, 0.15) is 49.8 Å². The molecule has 0 aliphatic carbocycles. The number of Topliss-reactive ketones (excluding diaryl/α,β-unsaturated/α-hetero) is 2. The van der Waals surface area contributed by atoms with E-state index in [0.29, 0.717) is 16.8 Å². The molecule has 1 aliphatic heterocycles. The molecule has 0 bridgehead atoms. The first-order valence-electron chi connectivity index (χ1n) is 10.5. The topological polar surface area (TPSA) is 93.6 Å². The van der Waals surface area contributed by atoms with Crippen LogP contribution in [-0.4, -0.2) is 35.0 Å². The number of esters is 1. The summed E-state index contributed by atoms with van der Waals surface area (Å²) in [5, 5.41) is 0.182. The Labute approximate surface area is 195 Å². The van der Waals surface area contributed by atoms with Crippen LogP contribution in [0.3, 0.4) is 0 Å². The van der Waals surface area contributed by atoms with Crippen LogP contribution in [0.5, 0.6) is 0 Å². The average molecular weight is 463 g/mol. The van der Waals surface area contributed by atoms with Crippen LogP contribution in [0.25, 0.3) is 0 Å². The first-order valence-corrected chi connectivity index (χ1v) is 11.3. The number of carbonyl (C=O) groups is 4.